The Kier molecular flexibility index (Phi) is 10.7. The molecule has 2 unspecified atom stereocenters. The molecule has 0 fully saturated rings. The van der Waals surface area contributed by atoms with Crippen LogP contribution < -0.4 is 5.32 Å². The molecule has 0 aliphatic rings. The van der Waals surface area contributed by atoms with Crippen molar-refractivity contribution in [3.05, 3.63) is 0 Å². The molecule has 0 aliphatic heterocycles. The molecule has 0 saturated carbocycles. The minimum absolute atomic E-state index is 0.0162. The number of phosphoric acid groups is 1. The van der Waals surface area contributed by atoms with Crippen LogP contribution in [-0.2, 0) is 32.7 Å². The molecule has 0 aromatic carbocycles. The number of amides is 1. The van der Waals surface area contributed by atoms with Crippen LogP contribution in [0.5, 0.6) is 0 Å². The van der Waals surface area contributed by atoms with Crippen LogP contribution in [-0.4, -0.2) is 48.4 Å². The van der Waals surface area contributed by atoms with Gasteiger partial charge in [0, 0.05) is 26.3 Å². The molecule has 2 N–H and O–H groups in total. The van der Waals surface area contributed by atoms with Crippen molar-refractivity contribution in [3.63, 3.8) is 0 Å². The lowest BCUT2D eigenvalue weighted by molar-refractivity contribution is -0.147. The molecule has 134 valence electrons. The van der Waals surface area contributed by atoms with E-state index >= 15 is 0 Å². The first-order valence-electron chi connectivity index (χ1n) is 7.17. The normalized spacial score (nSPS) is 14.6. The maximum atomic E-state index is 11.5. The van der Waals surface area contributed by atoms with Gasteiger partial charge in [-0.15, -0.1) is 0 Å². The van der Waals surface area contributed by atoms with Gasteiger partial charge < -0.3 is 19.7 Å². The van der Waals surface area contributed by atoms with Crippen LogP contribution >= 0.6 is 7.82 Å². The summed E-state index contributed by atoms with van der Waals surface area (Å²) in [6, 6.07) is 0. The van der Waals surface area contributed by atoms with Crippen molar-refractivity contribution < 1.29 is 37.6 Å². The van der Waals surface area contributed by atoms with Crippen molar-refractivity contribution >= 4 is 25.5 Å². The highest BCUT2D eigenvalue weighted by Gasteiger charge is 2.22. The number of hydrogen-bond donors (Lipinski definition) is 2. The molecule has 0 saturated heterocycles. The molecule has 0 aliphatic carbocycles. The van der Waals surface area contributed by atoms with Crippen molar-refractivity contribution in [1.82, 2.24) is 5.32 Å². The molecule has 0 bridgehead atoms. The average Bonchev–Trinajstić information content (AvgIpc) is 2.40. The summed E-state index contributed by atoms with van der Waals surface area (Å²) in [5.74, 6) is -0.781. The van der Waals surface area contributed by atoms with Crippen LogP contribution in [0.3, 0.4) is 0 Å². The summed E-state index contributed by atoms with van der Waals surface area (Å²) in [4.78, 5) is 42.1. The molecule has 1 amide bonds. The van der Waals surface area contributed by atoms with Gasteiger partial charge in [-0.2, -0.15) is 0 Å². The second-order valence-electron chi connectivity index (χ2n) is 4.92. The van der Waals surface area contributed by atoms with Gasteiger partial charge in [0.15, 0.2) is 0 Å². The fourth-order valence-corrected chi connectivity index (χ4v) is 2.29. The van der Waals surface area contributed by atoms with E-state index in [1.165, 1.54) is 20.8 Å². The molecule has 0 aromatic rings. The molecule has 23 heavy (non-hydrogen) atoms. The second kappa shape index (κ2) is 11.3. The maximum Gasteiger partial charge on any atom is 0.472 e. The van der Waals surface area contributed by atoms with Gasteiger partial charge in [0.05, 0.1) is 13.2 Å². The smallest absolute Gasteiger partial charge is 0.460 e. The third kappa shape index (κ3) is 14.1. The number of ether oxygens (including phenoxy) is 1. The predicted molar refractivity (Wildman–Crippen MR) is 80.5 cm³/mol. The Morgan fingerprint density at radius 3 is 2.39 bits per heavy atom. The Hall–Kier alpha value is -1.28. The number of ketones is 1. The Bertz CT molecular complexity index is 453. The zero-order valence-corrected chi connectivity index (χ0v) is 14.5. The van der Waals surface area contributed by atoms with Crippen molar-refractivity contribution in [3.8, 4) is 0 Å². The summed E-state index contributed by atoms with van der Waals surface area (Å²) in [7, 11) is -4.27. The van der Waals surface area contributed by atoms with Crippen molar-refractivity contribution in [1.29, 1.82) is 0 Å². The minimum Gasteiger partial charge on any atom is -0.460 e. The molecule has 0 spiro atoms. The van der Waals surface area contributed by atoms with Gasteiger partial charge in [-0.1, -0.05) is 0 Å². The van der Waals surface area contributed by atoms with Crippen molar-refractivity contribution in [2.45, 2.75) is 46.1 Å². The zero-order valence-electron chi connectivity index (χ0n) is 13.6. The van der Waals surface area contributed by atoms with E-state index in [0.29, 0.717) is 12.8 Å². The number of phosphoric ester groups is 1. The number of rotatable bonds is 12. The second-order valence-corrected chi connectivity index (χ2v) is 6.38. The van der Waals surface area contributed by atoms with Crippen LogP contribution in [0.15, 0.2) is 0 Å². The molecule has 2 atom stereocenters. The van der Waals surface area contributed by atoms with Crippen LogP contribution in [0.1, 0.15) is 40.0 Å². The van der Waals surface area contributed by atoms with Gasteiger partial charge in [-0.3, -0.25) is 18.6 Å². The number of hydrogen-bond acceptors (Lipinski definition) is 7. The molecule has 0 heterocycles. The highest BCUT2D eigenvalue weighted by atomic mass is 31.2. The quantitative estimate of drug-likeness (QED) is 0.301. The lowest BCUT2D eigenvalue weighted by Crippen LogP contribution is -2.27. The monoisotopic (exact) mass is 353 g/mol. The average molecular weight is 353 g/mol. The molecule has 0 aromatic heterocycles. The lowest BCUT2D eigenvalue weighted by Gasteiger charge is -2.16. The van der Waals surface area contributed by atoms with Crippen molar-refractivity contribution in [2.75, 3.05) is 19.8 Å². The first kappa shape index (κ1) is 21.7. The van der Waals surface area contributed by atoms with Gasteiger partial charge in [0.25, 0.3) is 0 Å². The third-order valence-corrected chi connectivity index (χ3v) is 3.44. The Balaban J connectivity index is 3.80. The van der Waals surface area contributed by atoms with Crippen LogP contribution in [0, 0.1) is 0 Å². The summed E-state index contributed by atoms with van der Waals surface area (Å²) in [6.07, 6.45) is 0.312. The number of Topliss-reactive ketones (excluding diaryl/α,β-unsaturated/α-hetero) is 1. The van der Waals surface area contributed by atoms with E-state index in [2.05, 4.69) is 14.4 Å². The molecule has 10 heteroatoms. The number of carbonyl (C=O) groups excluding carboxylic acids is 3. The summed E-state index contributed by atoms with van der Waals surface area (Å²) in [5.41, 5.74) is 0. The van der Waals surface area contributed by atoms with Gasteiger partial charge in [-0.25, -0.2) is 4.57 Å². The van der Waals surface area contributed by atoms with E-state index in [0.717, 1.165) is 0 Å². The lowest BCUT2D eigenvalue weighted by atomic mass is 10.2. The minimum atomic E-state index is -4.27. The fraction of sp³-hybridized carbons (Fsp3) is 0.769. The Morgan fingerprint density at radius 1 is 1.17 bits per heavy atom. The molecule has 9 nitrogen and oxygen atoms in total. The third-order valence-electron chi connectivity index (χ3n) is 2.45. The number of nitrogens with one attached hydrogen (secondary N) is 1. The first-order valence-corrected chi connectivity index (χ1v) is 8.67. The SMILES string of the molecule is CC(=O)CCCC(=O)NCCOP(=O)(O)OCC(C)OC(C)=O. The predicted octanol–water partition coefficient (Wildman–Crippen LogP) is 0.947. The number of carbonyl (C=O) groups is 3. The highest BCUT2D eigenvalue weighted by molar-refractivity contribution is 7.47. The zero-order chi connectivity index (χ0) is 17.9. The largest absolute Gasteiger partial charge is 0.472 e. The van der Waals surface area contributed by atoms with Gasteiger partial charge in [0.2, 0.25) is 5.91 Å². The van der Waals surface area contributed by atoms with E-state index in [1.807, 2.05) is 0 Å². The Labute approximate surface area is 135 Å². The van der Waals surface area contributed by atoms with E-state index in [4.69, 9.17) is 4.74 Å². The van der Waals surface area contributed by atoms with Crippen molar-refractivity contribution in [2.24, 2.45) is 0 Å². The van der Waals surface area contributed by atoms with Crippen LogP contribution in [0.25, 0.3) is 0 Å². The molecular weight excluding hydrogens is 329 g/mol. The van der Waals surface area contributed by atoms with E-state index in [-0.39, 0.29) is 37.9 Å². The van der Waals surface area contributed by atoms with E-state index in [1.54, 1.807) is 0 Å². The number of esters is 1. The van der Waals surface area contributed by atoms with Gasteiger partial charge >= 0.3 is 13.8 Å². The van der Waals surface area contributed by atoms with Crippen LogP contribution in [0.4, 0.5) is 0 Å². The Morgan fingerprint density at radius 2 is 1.83 bits per heavy atom. The van der Waals surface area contributed by atoms with E-state index < -0.39 is 19.9 Å². The summed E-state index contributed by atoms with van der Waals surface area (Å²) >= 11 is 0. The van der Waals surface area contributed by atoms with E-state index in [9.17, 15) is 23.8 Å². The molecule has 0 rings (SSSR count). The first-order chi connectivity index (χ1) is 10.6. The van der Waals surface area contributed by atoms with Gasteiger partial charge in [-0.05, 0) is 20.3 Å². The maximum absolute atomic E-state index is 11.5. The van der Waals surface area contributed by atoms with Crippen LogP contribution in [0.2, 0.25) is 0 Å². The molecule has 0 radical (unpaired) electrons. The topological polar surface area (TPSA) is 128 Å². The summed E-state index contributed by atoms with van der Waals surface area (Å²) < 4.78 is 25.5. The standard InChI is InChI=1S/C13H24NO8P/c1-10(15)5-4-6-13(17)14-7-8-20-23(18,19)21-9-11(2)22-12(3)16/h11H,4-9H2,1-3H3,(H,14,17)(H,18,19). The summed E-state index contributed by atoms with van der Waals surface area (Å²) in [6.45, 7) is 3.70. The fourth-order valence-electron chi connectivity index (χ4n) is 1.49. The molecular formula is C13H24NO8P. The highest BCUT2D eigenvalue weighted by Crippen LogP contribution is 2.42. The van der Waals surface area contributed by atoms with Gasteiger partial charge in [0.1, 0.15) is 11.9 Å². The summed E-state index contributed by atoms with van der Waals surface area (Å²) in [5, 5.41) is 2.49.